The Kier molecular flexibility index (Phi) is 4.12. The van der Waals surface area contributed by atoms with Crippen LogP contribution in [0.15, 0.2) is 54.7 Å². The molecule has 0 saturated carbocycles. The molecule has 7 nitrogen and oxygen atoms in total. The highest BCUT2D eigenvalue weighted by molar-refractivity contribution is 5.93. The Morgan fingerprint density at radius 3 is 2.64 bits per heavy atom. The zero-order valence-corrected chi connectivity index (χ0v) is 15.3. The molecule has 7 heteroatoms. The minimum atomic E-state index is -0.0160. The fraction of sp³-hybridized carbons (Fsp3) is 0.238. The van der Waals surface area contributed by atoms with Gasteiger partial charge in [0.05, 0.1) is 16.7 Å². The SMILES string of the molecule is O=C(c1cc(-c2ccccn2)n[nH]1)N1CCC(c2nc3ccccc3[nH]2)CC1. The van der Waals surface area contributed by atoms with Gasteiger partial charge < -0.3 is 9.88 Å². The summed E-state index contributed by atoms with van der Waals surface area (Å²) in [5, 5.41) is 7.10. The zero-order chi connectivity index (χ0) is 18.9. The number of rotatable bonds is 3. The van der Waals surface area contributed by atoms with Gasteiger partial charge in [-0.25, -0.2) is 4.98 Å². The van der Waals surface area contributed by atoms with E-state index in [1.807, 2.05) is 47.4 Å². The van der Waals surface area contributed by atoms with E-state index in [2.05, 4.69) is 20.2 Å². The van der Waals surface area contributed by atoms with Crippen LogP contribution in [0.3, 0.4) is 0 Å². The summed E-state index contributed by atoms with van der Waals surface area (Å²) < 4.78 is 0. The third-order valence-corrected chi connectivity index (χ3v) is 5.31. The van der Waals surface area contributed by atoms with E-state index in [0.29, 0.717) is 30.4 Å². The Morgan fingerprint density at radius 2 is 1.86 bits per heavy atom. The van der Waals surface area contributed by atoms with Crippen molar-refractivity contribution >= 4 is 16.9 Å². The molecule has 5 rings (SSSR count). The second-order valence-electron chi connectivity index (χ2n) is 7.09. The molecule has 1 aromatic carbocycles. The number of nitrogens with zero attached hydrogens (tertiary/aromatic N) is 4. The first-order valence-corrected chi connectivity index (χ1v) is 9.48. The van der Waals surface area contributed by atoms with Crippen molar-refractivity contribution in [2.24, 2.45) is 0 Å². The number of amides is 1. The number of H-pyrrole nitrogens is 2. The monoisotopic (exact) mass is 372 g/mol. The number of para-hydroxylation sites is 2. The molecule has 0 aliphatic carbocycles. The molecule has 140 valence electrons. The molecular weight excluding hydrogens is 352 g/mol. The average molecular weight is 372 g/mol. The lowest BCUT2D eigenvalue weighted by Crippen LogP contribution is -2.38. The Hall–Kier alpha value is -3.48. The maximum atomic E-state index is 12.8. The Labute approximate surface area is 161 Å². The maximum absolute atomic E-state index is 12.8. The normalized spacial score (nSPS) is 15.2. The van der Waals surface area contributed by atoms with Gasteiger partial charge in [0.25, 0.3) is 5.91 Å². The molecule has 0 bridgehead atoms. The first-order valence-electron chi connectivity index (χ1n) is 9.48. The Balaban J connectivity index is 1.26. The largest absolute Gasteiger partial charge is 0.342 e. The number of imidazole rings is 1. The molecule has 1 aliphatic rings. The predicted molar refractivity (Wildman–Crippen MR) is 106 cm³/mol. The van der Waals surface area contributed by atoms with Gasteiger partial charge in [-0.3, -0.25) is 14.9 Å². The third kappa shape index (κ3) is 3.05. The summed E-state index contributed by atoms with van der Waals surface area (Å²) in [6, 6.07) is 15.5. The molecule has 2 N–H and O–H groups in total. The molecule has 1 aliphatic heterocycles. The van der Waals surface area contributed by atoms with Gasteiger partial charge in [-0.05, 0) is 43.2 Å². The number of hydrogen-bond acceptors (Lipinski definition) is 4. The van der Waals surface area contributed by atoms with E-state index in [-0.39, 0.29) is 5.91 Å². The number of likely N-dealkylation sites (tertiary alicyclic amines) is 1. The van der Waals surface area contributed by atoms with Crippen LogP contribution < -0.4 is 0 Å². The van der Waals surface area contributed by atoms with Crippen LogP contribution in [0.4, 0.5) is 0 Å². The average Bonchev–Trinajstić information content (AvgIpc) is 3.41. The topological polar surface area (TPSA) is 90.6 Å². The van der Waals surface area contributed by atoms with Crippen molar-refractivity contribution < 1.29 is 4.79 Å². The van der Waals surface area contributed by atoms with E-state index in [0.717, 1.165) is 35.4 Å². The second-order valence-corrected chi connectivity index (χ2v) is 7.09. The quantitative estimate of drug-likeness (QED) is 0.577. The van der Waals surface area contributed by atoms with Gasteiger partial charge in [0.2, 0.25) is 0 Å². The van der Waals surface area contributed by atoms with E-state index in [1.54, 1.807) is 12.3 Å². The van der Waals surface area contributed by atoms with Crippen molar-refractivity contribution in [3.63, 3.8) is 0 Å². The first-order chi connectivity index (χ1) is 13.8. The van der Waals surface area contributed by atoms with E-state index < -0.39 is 0 Å². The molecular formula is C21H20N6O. The highest BCUT2D eigenvalue weighted by Gasteiger charge is 2.27. The van der Waals surface area contributed by atoms with Crippen molar-refractivity contribution in [3.8, 4) is 11.4 Å². The third-order valence-electron chi connectivity index (χ3n) is 5.31. The van der Waals surface area contributed by atoms with Crippen LogP contribution in [-0.4, -0.2) is 49.0 Å². The van der Waals surface area contributed by atoms with Gasteiger partial charge in [0.15, 0.2) is 0 Å². The number of aromatic amines is 2. The Morgan fingerprint density at radius 1 is 1.04 bits per heavy atom. The van der Waals surface area contributed by atoms with Crippen molar-refractivity contribution in [1.29, 1.82) is 0 Å². The molecule has 0 unspecified atom stereocenters. The molecule has 1 amide bonds. The number of piperidine rings is 1. The van der Waals surface area contributed by atoms with Crippen molar-refractivity contribution in [3.05, 3.63) is 66.2 Å². The number of carbonyl (C=O) groups excluding carboxylic acids is 1. The lowest BCUT2D eigenvalue weighted by Gasteiger charge is -2.30. The minimum absolute atomic E-state index is 0.0160. The van der Waals surface area contributed by atoms with Crippen LogP contribution >= 0.6 is 0 Å². The minimum Gasteiger partial charge on any atom is -0.342 e. The van der Waals surface area contributed by atoms with E-state index >= 15 is 0 Å². The lowest BCUT2D eigenvalue weighted by molar-refractivity contribution is 0.0705. The summed E-state index contributed by atoms with van der Waals surface area (Å²) in [6.45, 7) is 1.41. The Bertz CT molecular complexity index is 1080. The maximum Gasteiger partial charge on any atom is 0.271 e. The summed E-state index contributed by atoms with van der Waals surface area (Å²) in [6.07, 6.45) is 3.51. The molecule has 4 heterocycles. The van der Waals surface area contributed by atoms with Crippen LogP contribution in [-0.2, 0) is 0 Å². The van der Waals surface area contributed by atoms with Gasteiger partial charge in [0.1, 0.15) is 17.2 Å². The van der Waals surface area contributed by atoms with Crippen molar-refractivity contribution in [2.75, 3.05) is 13.1 Å². The summed E-state index contributed by atoms with van der Waals surface area (Å²) in [5.41, 5.74) is 4.00. The van der Waals surface area contributed by atoms with Gasteiger partial charge in [-0.15, -0.1) is 0 Å². The van der Waals surface area contributed by atoms with E-state index in [1.165, 1.54) is 0 Å². The number of fused-ring (bicyclic) bond motifs is 1. The van der Waals surface area contributed by atoms with Crippen LogP contribution in [0, 0.1) is 0 Å². The van der Waals surface area contributed by atoms with Crippen LogP contribution in [0.1, 0.15) is 35.1 Å². The smallest absolute Gasteiger partial charge is 0.271 e. The summed E-state index contributed by atoms with van der Waals surface area (Å²) in [5.74, 6) is 1.35. The van der Waals surface area contributed by atoms with Crippen molar-refractivity contribution in [2.45, 2.75) is 18.8 Å². The fourth-order valence-electron chi connectivity index (χ4n) is 3.77. The second kappa shape index (κ2) is 6.92. The summed E-state index contributed by atoms with van der Waals surface area (Å²) >= 11 is 0. The van der Waals surface area contributed by atoms with Crippen LogP contribution in [0.5, 0.6) is 0 Å². The highest BCUT2D eigenvalue weighted by atomic mass is 16.2. The number of pyridine rings is 1. The number of nitrogens with one attached hydrogen (secondary N) is 2. The lowest BCUT2D eigenvalue weighted by atomic mass is 9.96. The van der Waals surface area contributed by atoms with Crippen LogP contribution in [0.2, 0.25) is 0 Å². The highest BCUT2D eigenvalue weighted by Crippen LogP contribution is 2.28. The number of hydrogen-bond donors (Lipinski definition) is 2. The predicted octanol–water partition coefficient (Wildman–Crippen LogP) is 3.37. The zero-order valence-electron chi connectivity index (χ0n) is 15.3. The fourth-order valence-corrected chi connectivity index (χ4v) is 3.77. The standard InChI is InChI=1S/C21H20N6O/c28-21(19-13-18(25-26-19)15-5-3-4-10-22-15)27-11-8-14(9-12-27)20-23-16-6-1-2-7-17(16)24-20/h1-7,10,13-14H,8-9,11-12H2,(H,23,24)(H,25,26). The molecule has 0 atom stereocenters. The molecule has 1 saturated heterocycles. The van der Waals surface area contributed by atoms with E-state index in [9.17, 15) is 4.79 Å². The first kappa shape index (κ1) is 16.7. The summed E-state index contributed by atoms with van der Waals surface area (Å²) in [7, 11) is 0. The number of benzene rings is 1. The van der Waals surface area contributed by atoms with Gasteiger partial charge >= 0.3 is 0 Å². The molecule has 0 spiro atoms. The molecule has 28 heavy (non-hydrogen) atoms. The number of carbonyl (C=O) groups is 1. The van der Waals surface area contributed by atoms with Gasteiger partial charge in [-0.2, -0.15) is 5.10 Å². The van der Waals surface area contributed by atoms with E-state index in [4.69, 9.17) is 4.98 Å². The number of aromatic nitrogens is 5. The van der Waals surface area contributed by atoms with Gasteiger partial charge in [0, 0.05) is 25.2 Å². The van der Waals surface area contributed by atoms with Gasteiger partial charge in [-0.1, -0.05) is 18.2 Å². The molecule has 1 fully saturated rings. The summed E-state index contributed by atoms with van der Waals surface area (Å²) in [4.78, 5) is 27.1. The molecule has 0 radical (unpaired) electrons. The molecule has 3 aromatic heterocycles. The molecule has 4 aromatic rings. The van der Waals surface area contributed by atoms with Crippen LogP contribution in [0.25, 0.3) is 22.4 Å². The van der Waals surface area contributed by atoms with Crippen molar-refractivity contribution in [1.82, 2.24) is 30.0 Å².